The van der Waals surface area contributed by atoms with Crippen LogP contribution >= 0.6 is 0 Å². The van der Waals surface area contributed by atoms with Gasteiger partial charge in [0.2, 0.25) is 12.2 Å². The fraction of sp³-hybridized carbons (Fsp3) is 0.533. The highest BCUT2D eigenvalue weighted by Crippen LogP contribution is 2.36. The van der Waals surface area contributed by atoms with Gasteiger partial charge in [-0.2, -0.15) is 4.98 Å². The standard InChI is InChI=1S/C30H37FN6O4/c1-30(28(38)37-16-14-36(2)15-17-37)18-39-27(40-19-30)26-34-24(20-8-10-21(31)11-9-20)25(35-26)23-12-13-32-29(33-23)41-22-6-4-3-5-7-22/h8-13,22,27H,3-7,14-19H2,1-2H3,(H,34,35). The predicted octanol–water partition coefficient (Wildman–Crippen LogP) is 4.21. The number of amides is 1. The van der Waals surface area contributed by atoms with Crippen LogP contribution in [0.25, 0.3) is 22.6 Å². The number of likely N-dealkylation sites (N-methyl/N-ethyl adjacent to an activating group) is 1. The van der Waals surface area contributed by atoms with Crippen molar-refractivity contribution in [3.05, 3.63) is 48.2 Å². The molecule has 3 aromatic rings. The van der Waals surface area contributed by atoms with E-state index in [0.29, 0.717) is 47.6 Å². The van der Waals surface area contributed by atoms with Crippen molar-refractivity contribution in [2.45, 2.75) is 51.4 Å². The first-order valence-corrected chi connectivity index (χ1v) is 14.4. The molecule has 3 fully saturated rings. The molecule has 1 N–H and O–H groups in total. The molecule has 41 heavy (non-hydrogen) atoms. The van der Waals surface area contributed by atoms with Crippen molar-refractivity contribution in [1.29, 1.82) is 0 Å². The number of benzene rings is 1. The molecule has 0 spiro atoms. The van der Waals surface area contributed by atoms with E-state index >= 15 is 0 Å². The minimum Gasteiger partial charge on any atom is -0.460 e. The number of nitrogens with zero attached hydrogens (tertiary/aromatic N) is 5. The summed E-state index contributed by atoms with van der Waals surface area (Å²) in [4.78, 5) is 34.6. The van der Waals surface area contributed by atoms with Crippen LogP contribution in [0.2, 0.25) is 0 Å². The molecule has 0 unspecified atom stereocenters. The summed E-state index contributed by atoms with van der Waals surface area (Å²) in [6.45, 7) is 5.39. The molecule has 10 nitrogen and oxygen atoms in total. The Morgan fingerprint density at radius 3 is 2.44 bits per heavy atom. The molecule has 3 aliphatic rings. The number of halogens is 1. The van der Waals surface area contributed by atoms with Crippen molar-refractivity contribution in [2.75, 3.05) is 46.4 Å². The summed E-state index contributed by atoms with van der Waals surface area (Å²) < 4.78 is 32.1. The molecule has 0 bridgehead atoms. The smallest absolute Gasteiger partial charge is 0.317 e. The van der Waals surface area contributed by atoms with Gasteiger partial charge in [0.25, 0.3) is 0 Å². The van der Waals surface area contributed by atoms with E-state index in [1.807, 2.05) is 11.8 Å². The number of H-pyrrole nitrogens is 1. The number of hydrogen-bond donors (Lipinski definition) is 1. The second-order valence-electron chi connectivity index (χ2n) is 11.6. The monoisotopic (exact) mass is 564 g/mol. The number of rotatable bonds is 6. The Bertz CT molecular complexity index is 1340. The molecule has 11 heteroatoms. The summed E-state index contributed by atoms with van der Waals surface area (Å²) in [5.74, 6) is 0.156. The van der Waals surface area contributed by atoms with Gasteiger partial charge in [0.15, 0.2) is 5.82 Å². The first kappa shape index (κ1) is 27.7. The van der Waals surface area contributed by atoms with Crippen molar-refractivity contribution >= 4 is 5.91 Å². The number of ether oxygens (including phenoxy) is 3. The van der Waals surface area contributed by atoms with Crippen LogP contribution in [0.1, 0.15) is 51.1 Å². The molecule has 2 aliphatic heterocycles. The lowest BCUT2D eigenvalue weighted by Gasteiger charge is -2.41. The fourth-order valence-electron chi connectivity index (χ4n) is 5.66. The van der Waals surface area contributed by atoms with Gasteiger partial charge in [-0.05, 0) is 70.0 Å². The van der Waals surface area contributed by atoms with E-state index in [0.717, 1.165) is 38.8 Å². The Balaban J connectivity index is 1.23. The summed E-state index contributed by atoms with van der Waals surface area (Å²) in [6.07, 6.45) is 6.49. The summed E-state index contributed by atoms with van der Waals surface area (Å²) in [5, 5.41) is 0. The number of carbonyl (C=O) groups is 1. The molecule has 1 amide bonds. The zero-order chi connectivity index (χ0) is 28.4. The molecule has 2 aromatic heterocycles. The minimum absolute atomic E-state index is 0.0441. The first-order chi connectivity index (χ1) is 19.9. The molecular formula is C30H37FN6O4. The van der Waals surface area contributed by atoms with Crippen LogP contribution in [0.5, 0.6) is 6.01 Å². The lowest BCUT2D eigenvalue weighted by Crippen LogP contribution is -2.55. The van der Waals surface area contributed by atoms with E-state index in [2.05, 4.69) is 26.9 Å². The molecule has 0 radical (unpaired) electrons. The Labute approximate surface area is 239 Å². The third-order valence-electron chi connectivity index (χ3n) is 8.19. The predicted molar refractivity (Wildman–Crippen MR) is 149 cm³/mol. The first-order valence-electron chi connectivity index (χ1n) is 14.4. The second-order valence-corrected chi connectivity index (χ2v) is 11.6. The number of piperazine rings is 1. The Kier molecular flexibility index (Phi) is 8.01. The summed E-state index contributed by atoms with van der Waals surface area (Å²) in [6, 6.07) is 8.25. The summed E-state index contributed by atoms with van der Waals surface area (Å²) >= 11 is 0. The fourth-order valence-corrected chi connectivity index (χ4v) is 5.66. The highest BCUT2D eigenvalue weighted by molar-refractivity contribution is 5.83. The van der Waals surface area contributed by atoms with Gasteiger partial charge < -0.3 is 29.0 Å². The van der Waals surface area contributed by atoms with Gasteiger partial charge in [-0.15, -0.1) is 0 Å². The van der Waals surface area contributed by atoms with Gasteiger partial charge >= 0.3 is 6.01 Å². The summed E-state index contributed by atoms with van der Waals surface area (Å²) in [5.41, 5.74) is 1.73. The van der Waals surface area contributed by atoms with Crippen LogP contribution in [0.3, 0.4) is 0 Å². The lowest BCUT2D eigenvalue weighted by molar-refractivity contribution is -0.234. The SMILES string of the molecule is CN1CCN(C(=O)C2(C)COC(c3nc(-c4ccc(F)cc4)c(-c4ccnc(OC5CCCCC5)n4)[nH]3)OC2)CC1. The van der Waals surface area contributed by atoms with E-state index in [4.69, 9.17) is 19.2 Å². The maximum atomic E-state index is 13.8. The molecular weight excluding hydrogens is 527 g/mol. The minimum atomic E-state index is -0.795. The van der Waals surface area contributed by atoms with Crippen LogP contribution < -0.4 is 4.74 Å². The van der Waals surface area contributed by atoms with Crippen molar-refractivity contribution < 1.29 is 23.4 Å². The third kappa shape index (κ3) is 6.12. The van der Waals surface area contributed by atoms with Gasteiger partial charge in [0.05, 0.1) is 35.7 Å². The van der Waals surface area contributed by atoms with Crippen LogP contribution in [0.15, 0.2) is 36.5 Å². The Morgan fingerprint density at radius 1 is 1.02 bits per heavy atom. The van der Waals surface area contributed by atoms with Crippen LogP contribution in [0.4, 0.5) is 4.39 Å². The molecule has 1 saturated carbocycles. The molecule has 1 aromatic carbocycles. The normalized spacial score (nSPS) is 24.4. The van der Waals surface area contributed by atoms with Crippen LogP contribution in [-0.2, 0) is 14.3 Å². The zero-order valence-corrected chi connectivity index (χ0v) is 23.6. The van der Waals surface area contributed by atoms with Crippen molar-refractivity contribution in [3.8, 4) is 28.7 Å². The number of carbonyl (C=O) groups excluding carboxylic acids is 1. The van der Waals surface area contributed by atoms with E-state index < -0.39 is 11.7 Å². The highest BCUT2D eigenvalue weighted by Gasteiger charge is 2.43. The topological polar surface area (TPSA) is 106 Å². The van der Waals surface area contributed by atoms with Gasteiger partial charge in [0.1, 0.15) is 11.9 Å². The maximum Gasteiger partial charge on any atom is 0.317 e. The van der Waals surface area contributed by atoms with Crippen molar-refractivity contribution in [2.24, 2.45) is 5.41 Å². The van der Waals surface area contributed by atoms with Crippen LogP contribution in [-0.4, -0.2) is 88.2 Å². The molecule has 218 valence electrons. The second kappa shape index (κ2) is 11.8. The molecule has 6 rings (SSSR count). The Hall–Kier alpha value is -3.41. The Morgan fingerprint density at radius 2 is 1.73 bits per heavy atom. The van der Waals surface area contributed by atoms with Gasteiger partial charge in [0, 0.05) is 37.9 Å². The largest absolute Gasteiger partial charge is 0.460 e. The number of hydrogen-bond acceptors (Lipinski definition) is 8. The molecule has 4 heterocycles. The van der Waals surface area contributed by atoms with E-state index in [1.165, 1.54) is 18.6 Å². The maximum absolute atomic E-state index is 13.8. The average molecular weight is 565 g/mol. The highest BCUT2D eigenvalue weighted by atomic mass is 19.1. The van der Waals surface area contributed by atoms with Crippen molar-refractivity contribution in [1.82, 2.24) is 29.7 Å². The molecule has 0 atom stereocenters. The van der Waals surface area contributed by atoms with Gasteiger partial charge in [-0.3, -0.25) is 4.79 Å². The molecule has 1 aliphatic carbocycles. The van der Waals surface area contributed by atoms with E-state index in [1.54, 1.807) is 24.4 Å². The van der Waals surface area contributed by atoms with Crippen LogP contribution in [0, 0.1) is 11.2 Å². The van der Waals surface area contributed by atoms with Crippen molar-refractivity contribution in [3.63, 3.8) is 0 Å². The van der Waals surface area contributed by atoms with Gasteiger partial charge in [-0.25, -0.2) is 14.4 Å². The number of imidazole rings is 1. The summed E-state index contributed by atoms with van der Waals surface area (Å²) in [7, 11) is 2.06. The van der Waals surface area contributed by atoms with E-state index in [-0.39, 0.29) is 31.0 Å². The van der Waals surface area contributed by atoms with Gasteiger partial charge in [-0.1, -0.05) is 6.42 Å². The van der Waals surface area contributed by atoms with E-state index in [9.17, 15) is 9.18 Å². The lowest BCUT2D eigenvalue weighted by atomic mass is 9.90. The number of aromatic amines is 1. The zero-order valence-electron chi connectivity index (χ0n) is 23.6. The number of aromatic nitrogens is 4. The molecule has 2 saturated heterocycles. The number of nitrogens with one attached hydrogen (secondary N) is 1. The third-order valence-corrected chi connectivity index (χ3v) is 8.19. The quantitative estimate of drug-likeness (QED) is 0.475. The average Bonchev–Trinajstić information content (AvgIpc) is 3.44.